The first-order valence-electron chi connectivity index (χ1n) is 6.46. The van der Waals surface area contributed by atoms with Gasteiger partial charge in [-0.1, -0.05) is 24.3 Å². The van der Waals surface area contributed by atoms with E-state index < -0.39 is 0 Å². The molecule has 0 aliphatic heterocycles. The summed E-state index contributed by atoms with van der Waals surface area (Å²) in [6, 6.07) is 4.06. The highest BCUT2D eigenvalue weighted by atomic mass is 16.5. The number of ether oxygens (including phenoxy) is 2. The largest absolute Gasteiger partial charge is 0.496 e. The molecule has 18 heavy (non-hydrogen) atoms. The second kappa shape index (κ2) is 3.41. The molecule has 0 N–H and O–H groups in total. The van der Waals surface area contributed by atoms with Crippen molar-refractivity contribution in [1.29, 1.82) is 0 Å². The molecule has 1 aromatic rings. The van der Waals surface area contributed by atoms with Gasteiger partial charge in [-0.25, -0.2) is 0 Å². The summed E-state index contributed by atoms with van der Waals surface area (Å²) in [7, 11) is 3.50. The van der Waals surface area contributed by atoms with Gasteiger partial charge in [-0.3, -0.25) is 0 Å². The quantitative estimate of drug-likeness (QED) is 0.739. The van der Waals surface area contributed by atoms with Gasteiger partial charge in [-0.15, -0.1) is 0 Å². The van der Waals surface area contributed by atoms with Crippen molar-refractivity contribution < 1.29 is 9.47 Å². The van der Waals surface area contributed by atoms with Crippen LogP contribution >= 0.6 is 0 Å². The highest BCUT2D eigenvalue weighted by Crippen LogP contribution is 2.60. The number of methoxy groups -OCH3 is 2. The van der Waals surface area contributed by atoms with Gasteiger partial charge in [0.25, 0.3) is 0 Å². The van der Waals surface area contributed by atoms with Crippen LogP contribution in [0.4, 0.5) is 0 Å². The van der Waals surface area contributed by atoms with Crippen LogP contribution in [0.3, 0.4) is 0 Å². The molecule has 0 saturated heterocycles. The lowest BCUT2D eigenvalue weighted by Gasteiger charge is -2.49. The normalized spacial score (nSPS) is 33.7. The lowest BCUT2D eigenvalue weighted by Crippen LogP contribution is -2.38. The molecule has 0 radical (unpaired) electrons. The number of hydrogen-bond acceptors (Lipinski definition) is 2. The maximum absolute atomic E-state index is 5.56. The van der Waals surface area contributed by atoms with E-state index in [0.29, 0.717) is 23.7 Å². The van der Waals surface area contributed by atoms with E-state index in [1.165, 1.54) is 11.1 Å². The molecule has 2 bridgehead atoms. The predicted molar refractivity (Wildman–Crippen MR) is 70.3 cm³/mol. The van der Waals surface area contributed by atoms with E-state index in [2.05, 4.69) is 24.3 Å². The third-order valence-corrected chi connectivity index (χ3v) is 4.67. The molecule has 2 nitrogen and oxygen atoms in total. The van der Waals surface area contributed by atoms with Crippen LogP contribution in [0.1, 0.15) is 23.0 Å². The zero-order valence-corrected chi connectivity index (χ0v) is 10.6. The van der Waals surface area contributed by atoms with Crippen LogP contribution in [0.25, 0.3) is 0 Å². The maximum atomic E-state index is 5.56. The van der Waals surface area contributed by atoms with Gasteiger partial charge >= 0.3 is 0 Å². The first-order chi connectivity index (χ1) is 8.85. The van der Waals surface area contributed by atoms with Gasteiger partial charge in [0.15, 0.2) is 0 Å². The van der Waals surface area contributed by atoms with Gasteiger partial charge in [0.1, 0.15) is 11.5 Å². The fourth-order valence-electron chi connectivity index (χ4n) is 3.80. The number of hydrogen-bond donors (Lipinski definition) is 0. The van der Waals surface area contributed by atoms with Crippen molar-refractivity contribution in [3.05, 3.63) is 47.6 Å². The van der Waals surface area contributed by atoms with Crippen LogP contribution in [-0.4, -0.2) is 14.2 Å². The Labute approximate surface area is 107 Å². The van der Waals surface area contributed by atoms with E-state index in [9.17, 15) is 0 Å². The first kappa shape index (κ1) is 10.2. The Morgan fingerprint density at radius 2 is 1.17 bits per heavy atom. The Bertz CT molecular complexity index is 522. The van der Waals surface area contributed by atoms with Crippen LogP contribution in [0.2, 0.25) is 0 Å². The summed E-state index contributed by atoms with van der Waals surface area (Å²) in [5.41, 5.74) is 2.69. The monoisotopic (exact) mass is 240 g/mol. The van der Waals surface area contributed by atoms with Crippen molar-refractivity contribution in [2.75, 3.05) is 14.2 Å². The van der Waals surface area contributed by atoms with Crippen LogP contribution in [-0.2, 0) is 0 Å². The Morgan fingerprint density at radius 1 is 0.722 bits per heavy atom. The smallest absolute Gasteiger partial charge is 0.123 e. The number of allylic oxidation sites excluding steroid dienone is 4. The van der Waals surface area contributed by atoms with Gasteiger partial charge in [0.05, 0.1) is 14.2 Å². The Hall–Kier alpha value is -1.70. The van der Waals surface area contributed by atoms with Gasteiger partial charge in [0, 0.05) is 23.0 Å². The second-order valence-corrected chi connectivity index (χ2v) is 5.27. The van der Waals surface area contributed by atoms with Crippen molar-refractivity contribution in [2.45, 2.75) is 11.8 Å². The molecule has 4 aliphatic carbocycles. The molecular formula is C16H16O2. The highest BCUT2D eigenvalue weighted by molar-refractivity contribution is 5.61. The maximum Gasteiger partial charge on any atom is 0.123 e. The van der Waals surface area contributed by atoms with E-state index in [4.69, 9.17) is 9.47 Å². The van der Waals surface area contributed by atoms with E-state index >= 15 is 0 Å². The van der Waals surface area contributed by atoms with E-state index in [1.54, 1.807) is 14.2 Å². The van der Waals surface area contributed by atoms with Crippen molar-refractivity contribution >= 4 is 0 Å². The van der Waals surface area contributed by atoms with Gasteiger partial charge in [0.2, 0.25) is 0 Å². The van der Waals surface area contributed by atoms with Crippen LogP contribution in [0, 0.1) is 11.8 Å². The zero-order chi connectivity index (χ0) is 12.3. The van der Waals surface area contributed by atoms with E-state index in [0.717, 1.165) is 11.5 Å². The summed E-state index contributed by atoms with van der Waals surface area (Å²) in [6.07, 6.45) is 9.38. The summed E-state index contributed by atoms with van der Waals surface area (Å²) >= 11 is 0. The van der Waals surface area contributed by atoms with Crippen molar-refractivity contribution in [2.24, 2.45) is 11.8 Å². The van der Waals surface area contributed by atoms with Crippen LogP contribution < -0.4 is 9.47 Å². The molecule has 0 spiro atoms. The van der Waals surface area contributed by atoms with Crippen LogP contribution in [0.15, 0.2) is 36.4 Å². The molecule has 4 atom stereocenters. The minimum Gasteiger partial charge on any atom is -0.496 e. The molecule has 0 heterocycles. The molecular weight excluding hydrogens is 224 g/mol. The summed E-state index contributed by atoms with van der Waals surface area (Å²) in [4.78, 5) is 0. The predicted octanol–water partition coefficient (Wildman–Crippen LogP) is 3.26. The molecule has 0 aromatic heterocycles. The minimum atomic E-state index is 0.463. The van der Waals surface area contributed by atoms with Gasteiger partial charge in [-0.05, 0) is 24.0 Å². The summed E-state index contributed by atoms with van der Waals surface area (Å²) in [6.45, 7) is 0. The third-order valence-electron chi connectivity index (χ3n) is 4.67. The molecule has 0 unspecified atom stereocenters. The Kier molecular flexibility index (Phi) is 1.94. The lowest BCUT2D eigenvalue weighted by atomic mass is 9.55. The molecule has 5 rings (SSSR count). The average molecular weight is 240 g/mol. The summed E-state index contributed by atoms with van der Waals surface area (Å²) in [5, 5.41) is 0. The van der Waals surface area contributed by atoms with E-state index in [-0.39, 0.29) is 0 Å². The topological polar surface area (TPSA) is 18.5 Å². The molecule has 0 amide bonds. The van der Waals surface area contributed by atoms with Crippen molar-refractivity contribution in [3.63, 3.8) is 0 Å². The van der Waals surface area contributed by atoms with Gasteiger partial charge < -0.3 is 9.47 Å². The molecule has 2 heteroatoms. The average Bonchev–Trinajstić information content (AvgIpc) is 2.37. The Balaban J connectivity index is 1.99. The Morgan fingerprint density at radius 3 is 1.50 bits per heavy atom. The van der Waals surface area contributed by atoms with Crippen molar-refractivity contribution in [1.82, 2.24) is 0 Å². The SMILES string of the molecule is COc1ccc(OC)c2c1[C@H]1C=C[C@H]2[C@@H]2C=C[C@H]21. The van der Waals surface area contributed by atoms with Crippen LogP contribution in [0.5, 0.6) is 11.5 Å². The molecule has 1 aromatic carbocycles. The van der Waals surface area contributed by atoms with Gasteiger partial charge in [-0.2, -0.15) is 0 Å². The minimum absolute atomic E-state index is 0.463. The summed E-state index contributed by atoms with van der Waals surface area (Å²) in [5.74, 6) is 4.25. The molecule has 0 fully saturated rings. The van der Waals surface area contributed by atoms with Crippen molar-refractivity contribution in [3.8, 4) is 11.5 Å². The fraction of sp³-hybridized carbons (Fsp3) is 0.375. The number of rotatable bonds is 2. The first-order valence-corrected chi connectivity index (χ1v) is 6.46. The standard InChI is InChI=1S/C16H16O2/c1-17-13-7-8-14(18-2)16-12-6-5-11(15(13)16)9-3-4-10(9)12/h3-12H,1-2H3/t9-,10-,11+,12+/m1/s1. The third kappa shape index (κ3) is 1.04. The number of benzene rings is 1. The molecule has 0 saturated carbocycles. The summed E-state index contributed by atoms with van der Waals surface area (Å²) < 4.78 is 11.1. The van der Waals surface area contributed by atoms with E-state index in [1.807, 2.05) is 12.1 Å². The zero-order valence-electron chi connectivity index (χ0n) is 10.6. The molecule has 4 aliphatic rings. The fourth-order valence-corrected chi connectivity index (χ4v) is 3.80. The molecule has 92 valence electrons. The highest BCUT2D eigenvalue weighted by Gasteiger charge is 2.47. The lowest BCUT2D eigenvalue weighted by molar-refractivity contribution is 0.294. The second-order valence-electron chi connectivity index (χ2n) is 5.27.